The van der Waals surface area contributed by atoms with E-state index in [0.29, 0.717) is 26.4 Å². The molecule has 172 valence electrons. The Bertz CT molecular complexity index is 1610. The lowest BCUT2D eigenvalue weighted by molar-refractivity contribution is -0.139. The van der Waals surface area contributed by atoms with Gasteiger partial charge in [-0.3, -0.25) is 9.36 Å². The van der Waals surface area contributed by atoms with Gasteiger partial charge in [0.25, 0.3) is 5.56 Å². The van der Waals surface area contributed by atoms with E-state index in [1.165, 1.54) is 11.3 Å². The number of carbonyl (C=O) groups is 1. The topological polar surface area (TPSA) is 85.7 Å². The van der Waals surface area contributed by atoms with E-state index in [1.807, 2.05) is 60.8 Å². The third kappa shape index (κ3) is 3.66. The number of fused-ring (bicyclic) bond motifs is 2. The van der Waals surface area contributed by atoms with E-state index < -0.39 is 12.0 Å². The molecule has 34 heavy (non-hydrogen) atoms. The van der Waals surface area contributed by atoms with Gasteiger partial charge in [-0.05, 0) is 43.7 Å². The summed E-state index contributed by atoms with van der Waals surface area (Å²) >= 11 is 1.31. The largest absolute Gasteiger partial charge is 0.497 e. The number of allylic oxidation sites excluding steroid dienone is 1. The fraction of sp³-hybridized carbons (Fsp3) is 0.192. The van der Waals surface area contributed by atoms with Gasteiger partial charge in [-0.1, -0.05) is 41.7 Å². The van der Waals surface area contributed by atoms with Crippen LogP contribution in [-0.2, 0) is 9.53 Å². The van der Waals surface area contributed by atoms with E-state index in [-0.39, 0.29) is 12.2 Å². The molecule has 1 atom stereocenters. The van der Waals surface area contributed by atoms with Gasteiger partial charge < -0.3 is 14.5 Å². The molecule has 4 aromatic rings. The molecule has 2 aromatic carbocycles. The first-order valence-electron chi connectivity index (χ1n) is 10.9. The number of nitrogens with one attached hydrogen (secondary N) is 1. The number of carbonyl (C=O) groups excluding carboxylic acids is 1. The number of para-hydroxylation sites is 1. The fourth-order valence-electron chi connectivity index (χ4n) is 4.25. The summed E-state index contributed by atoms with van der Waals surface area (Å²) in [5, 5.41) is 1.03. The number of thiazole rings is 1. The molecule has 0 saturated heterocycles. The second-order valence-electron chi connectivity index (χ2n) is 7.87. The van der Waals surface area contributed by atoms with Crippen molar-refractivity contribution in [3.8, 4) is 5.75 Å². The van der Waals surface area contributed by atoms with Crippen molar-refractivity contribution in [3.05, 3.63) is 96.8 Å². The maximum absolute atomic E-state index is 13.7. The highest BCUT2D eigenvalue weighted by Crippen LogP contribution is 2.31. The number of hydrogen-bond acceptors (Lipinski definition) is 6. The number of ether oxygens (including phenoxy) is 2. The zero-order valence-electron chi connectivity index (χ0n) is 19.0. The Balaban J connectivity index is 1.73. The summed E-state index contributed by atoms with van der Waals surface area (Å²) in [5.41, 5.74) is 3.39. The van der Waals surface area contributed by atoms with Crippen molar-refractivity contribution in [3.63, 3.8) is 0 Å². The molecule has 1 aliphatic rings. The quantitative estimate of drug-likeness (QED) is 0.451. The minimum Gasteiger partial charge on any atom is -0.497 e. The lowest BCUT2D eigenvalue weighted by atomic mass is 9.96. The molecule has 5 rings (SSSR count). The predicted octanol–water partition coefficient (Wildman–Crippen LogP) is 3.29. The first kappa shape index (κ1) is 21.9. The van der Waals surface area contributed by atoms with E-state index >= 15 is 0 Å². The summed E-state index contributed by atoms with van der Waals surface area (Å²) in [6.45, 7) is 3.77. The maximum Gasteiger partial charge on any atom is 0.338 e. The van der Waals surface area contributed by atoms with Crippen LogP contribution < -0.4 is 19.6 Å². The van der Waals surface area contributed by atoms with Crippen LogP contribution in [0.2, 0.25) is 0 Å². The van der Waals surface area contributed by atoms with Crippen molar-refractivity contribution in [1.29, 1.82) is 0 Å². The highest BCUT2D eigenvalue weighted by molar-refractivity contribution is 7.07. The Hall–Kier alpha value is -3.91. The standard InChI is InChI=1S/C26H23N3O4S/c1-4-33-25(31)22-15(2)28-26-29(23(22)16-9-11-18(32-3)12-10-16)24(30)21(34-26)13-17-14-27-20-8-6-5-7-19(17)20/h5-14,23,27H,4H2,1-3H3/b21-13+/t23-/m0/s1. The van der Waals surface area contributed by atoms with E-state index in [9.17, 15) is 9.59 Å². The molecule has 0 unspecified atom stereocenters. The molecule has 3 heterocycles. The molecule has 1 aliphatic heterocycles. The van der Waals surface area contributed by atoms with Gasteiger partial charge in [0.05, 0.1) is 35.6 Å². The van der Waals surface area contributed by atoms with Crippen LogP contribution in [0.3, 0.4) is 0 Å². The summed E-state index contributed by atoms with van der Waals surface area (Å²) in [5.74, 6) is 0.212. The summed E-state index contributed by atoms with van der Waals surface area (Å²) in [7, 11) is 1.59. The highest BCUT2D eigenvalue weighted by atomic mass is 32.1. The van der Waals surface area contributed by atoms with E-state index in [2.05, 4.69) is 9.98 Å². The predicted molar refractivity (Wildman–Crippen MR) is 132 cm³/mol. The van der Waals surface area contributed by atoms with Crippen molar-refractivity contribution in [2.75, 3.05) is 13.7 Å². The molecule has 0 aliphatic carbocycles. The van der Waals surface area contributed by atoms with Crippen LogP contribution in [0, 0.1) is 0 Å². The summed E-state index contributed by atoms with van der Waals surface area (Å²) < 4.78 is 12.8. The van der Waals surface area contributed by atoms with Gasteiger partial charge in [-0.15, -0.1) is 0 Å². The highest BCUT2D eigenvalue weighted by Gasteiger charge is 2.33. The summed E-state index contributed by atoms with van der Waals surface area (Å²) in [6, 6.07) is 14.6. The smallest absolute Gasteiger partial charge is 0.338 e. The zero-order chi connectivity index (χ0) is 23.8. The number of rotatable bonds is 5. The Morgan fingerprint density at radius 1 is 1.21 bits per heavy atom. The average Bonchev–Trinajstić information content (AvgIpc) is 3.39. The fourth-order valence-corrected chi connectivity index (χ4v) is 5.29. The molecule has 1 N–H and O–H groups in total. The van der Waals surface area contributed by atoms with Gasteiger partial charge in [0.15, 0.2) is 4.80 Å². The Labute approximate surface area is 199 Å². The molecule has 2 aromatic heterocycles. The normalized spacial score (nSPS) is 15.9. The third-order valence-electron chi connectivity index (χ3n) is 5.86. The molecule has 0 saturated carbocycles. The number of methoxy groups -OCH3 is 1. The first-order chi connectivity index (χ1) is 16.5. The number of esters is 1. The second-order valence-corrected chi connectivity index (χ2v) is 8.87. The van der Waals surface area contributed by atoms with Crippen LogP contribution in [0.15, 0.2) is 75.8 Å². The molecule has 0 spiro atoms. The van der Waals surface area contributed by atoms with Gasteiger partial charge >= 0.3 is 5.97 Å². The number of H-pyrrole nitrogens is 1. The molecule has 0 radical (unpaired) electrons. The van der Waals surface area contributed by atoms with Crippen molar-refractivity contribution in [1.82, 2.24) is 9.55 Å². The number of benzene rings is 2. The van der Waals surface area contributed by atoms with Gasteiger partial charge in [-0.2, -0.15) is 0 Å². The van der Waals surface area contributed by atoms with Crippen molar-refractivity contribution in [2.24, 2.45) is 4.99 Å². The number of aromatic nitrogens is 2. The van der Waals surface area contributed by atoms with Crippen molar-refractivity contribution < 1.29 is 14.3 Å². The minimum atomic E-state index is -0.647. The molecule has 0 amide bonds. The van der Waals surface area contributed by atoms with Crippen LogP contribution in [0.4, 0.5) is 0 Å². The maximum atomic E-state index is 13.7. The van der Waals surface area contributed by atoms with E-state index in [0.717, 1.165) is 22.0 Å². The van der Waals surface area contributed by atoms with Crippen LogP contribution >= 0.6 is 11.3 Å². The number of hydrogen-bond donors (Lipinski definition) is 1. The van der Waals surface area contributed by atoms with Crippen molar-refractivity contribution in [2.45, 2.75) is 19.9 Å². The van der Waals surface area contributed by atoms with E-state index in [1.54, 1.807) is 25.5 Å². The Kier molecular flexibility index (Phi) is 5.67. The Morgan fingerprint density at radius 2 is 1.97 bits per heavy atom. The minimum absolute atomic E-state index is 0.204. The lowest BCUT2D eigenvalue weighted by Crippen LogP contribution is -2.39. The van der Waals surface area contributed by atoms with Crippen LogP contribution in [0.1, 0.15) is 31.0 Å². The number of aromatic amines is 1. The Morgan fingerprint density at radius 3 is 2.71 bits per heavy atom. The molecule has 8 heteroatoms. The van der Waals surface area contributed by atoms with Crippen LogP contribution in [0.5, 0.6) is 5.75 Å². The van der Waals surface area contributed by atoms with Gasteiger partial charge in [0, 0.05) is 22.7 Å². The van der Waals surface area contributed by atoms with Crippen LogP contribution in [0.25, 0.3) is 17.0 Å². The zero-order valence-corrected chi connectivity index (χ0v) is 19.8. The average molecular weight is 474 g/mol. The van der Waals surface area contributed by atoms with Crippen molar-refractivity contribution >= 4 is 34.3 Å². The molecule has 0 bridgehead atoms. The van der Waals surface area contributed by atoms with E-state index in [4.69, 9.17) is 9.47 Å². The summed E-state index contributed by atoms with van der Waals surface area (Å²) in [4.78, 5) is 35.0. The summed E-state index contributed by atoms with van der Waals surface area (Å²) in [6.07, 6.45) is 3.76. The van der Waals surface area contributed by atoms with Gasteiger partial charge in [-0.25, -0.2) is 9.79 Å². The molecular weight excluding hydrogens is 450 g/mol. The van der Waals surface area contributed by atoms with Gasteiger partial charge in [0.1, 0.15) is 5.75 Å². The molecule has 0 fully saturated rings. The molecule has 7 nitrogen and oxygen atoms in total. The van der Waals surface area contributed by atoms with Gasteiger partial charge in [0.2, 0.25) is 0 Å². The first-order valence-corrected chi connectivity index (χ1v) is 11.7. The monoisotopic (exact) mass is 473 g/mol. The SMILES string of the molecule is CCOC(=O)C1=C(C)N=c2s/c(=C/c3c[nH]c4ccccc34)c(=O)n2[C@H]1c1ccc(OC)cc1. The molecular formula is C26H23N3O4S. The second kappa shape index (κ2) is 8.79. The van der Waals surface area contributed by atoms with Crippen LogP contribution in [-0.4, -0.2) is 29.2 Å². The lowest BCUT2D eigenvalue weighted by Gasteiger charge is -2.24. The third-order valence-corrected chi connectivity index (χ3v) is 6.84. The number of nitrogens with zero attached hydrogens (tertiary/aromatic N) is 2.